The third-order valence-electron chi connectivity index (χ3n) is 4.62. The van der Waals surface area contributed by atoms with Gasteiger partial charge in [-0.05, 0) is 24.3 Å². The minimum absolute atomic E-state index is 0.00417. The van der Waals surface area contributed by atoms with Gasteiger partial charge in [0, 0.05) is 37.3 Å². The lowest BCUT2D eigenvalue weighted by atomic mass is 10.2. The third kappa shape index (κ3) is 3.60. The molecule has 1 aromatic heterocycles. The van der Waals surface area contributed by atoms with Gasteiger partial charge in [0.05, 0.1) is 0 Å². The first-order valence-corrected chi connectivity index (χ1v) is 8.87. The van der Waals surface area contributed by atoms with Crippen LogP contribution < -0.4 is 0 Å². The van der Waals surface area contributed by atoms with Crippen molar-refractivity contribution in [2.75, 3.05) is 26.2 Å². The summed E-state index contributed by atoms with van der Waals surface area (Å²) in [5, 5.41) is 0. The molecule has 2 heterocycles. The minimum Gasteiger partial charge on any atom is -0.444 e. The van der Waals surface area contributed by atoms with E-state index in [4.69, 9.17) is 4.42 Å². The first-order chi connectivity index (χ1) is 13.2. The van der Waals surface area contributed by atoms with E-state index in [2.05, 4.69) is 4.98 Å². The van der Waals surface area contributed by atoms with E-state index in [1.807, 2.05) is 48.5 Å². The van der Waals surface area contributed by atoms with Crippen molar-refractivity contribution in [3.63, 3.8) is 0 Å². The number of benzene rings is 2. The molecule has 4 rings (SSSR count). The maximum atomic E-state index is 12.7. The van der Waals surface area contributed by atoms with Crippen molar-refractivity contribution in [3.05, 3.63) is 78.2 Å². The lowest BCUT2D eigenvalue weighted by molar-refractivity contribution is 0.0532. The smallest absolute Gasteiger partial charge is 0.275 e. The Hall–Kier alpha value is -3.41. The van der Waals surface area contributed by atoms with Gasteiger partial charge in [0.2, 0.25) is 5.89 Å². The van der Waals surface area contributed by atoms with E-state index >= 15 is 0 Å². The molecule has 3 aromatic rings. The normalized spacial score (nSPS) is 14.2. The number of amides is 2. The molecule has 1 aliphatic heterocycles. The predicted octanol–water partition coefficient (Wildman–Crippen LogP) is 2.94. The fourth-order valence-corrected chi connectivity index (χ4v) is 3.12. The highest BCUT2D eigenvalue weighted by atomic mass is 16.3. The average Bonchev–Trinajstić information content (AvgIpc) is 3.24. The van der Waals surface area contributed by atoms with Gasteiger partial charge in [-0.1, -0.05) is 36.4 Å². The maximum Gasteiger partial charge on any atom is 0.275 e. The summed E-state index contributed by atoms with van der Waals surface area (Å²) >= 11 is 0. The summed E-state index contributed by atoms with van der Waals surface area (Å²) in [5.74, 6) is 0.250. The van der Waals surface area contributed by atoms with Crippen LogP contribution in [0.15, 0.2) is 71.3 Å². The lowest BCUT2D eigenvalue weighted by Gasteiger charge is -2.34. The Morgan fingerprint density at radius 1 is 0.778 bits per heavy atom. The van der Waals surface area contributed by atoms with Crippen LogP contribution in [0.25, 0.3) is 11.5 Å². The number of oxazole rings is 1. The monoisotopic (exact) mass is 361 g/mol. The second-order valence-corrected chi connectivity index (χ2v) is 6.35. The van der Waals surface area contributed by atoms with Gasteiger partial charge in [-0.3, -0.25) is 9.59 Å². The molecule has 0 atom stereocenters. The molecule has 6 heteroatoms. The van der Waals surface area contributed by atoms with Crippen molar-refractivity contribution in [2.45, 2.75) is 0 Å². The van der Waals surface area contributed by atoms with Gasteiger partial charge in [-0.2, -0.15) is 0 Å². The van der Waals surface area contributed by atoms with Crippen molar-refractivity contribution >= 4 is 11.8 Å². The molecule has 0 saturated carbocycles. The van der Waals surface area contributed by atoms with Crippen LogP contribution >= 0.6 is 0 Å². The van der Waals surface area contributed by atoms with E-state index in [1.165, 1.54) is 6.26 Å². The molecule has 2 amide bonds. The van der Waals surface area contributed by atoms with Gasteiger partial charge in [0.15, 0.2) is 5.69 Å². The number of piperazine rings is 1. The quantitative estimate of drug-likeness (QED) is 0.719. The predicted molar refractivity (Wildman–Crippen MR) is 100 cm³/mol. The lowest BCUT2D eigenvalue weighted by Crippen LogP contribution is -2.50. The highest BCUT2D eigenvalue weighted by molar-refractivity contribution is 5.95. The second kappa shape index (κ2) is 7.45. The molecule has 0 radical (unpaired) electrons. The van der Waals surface area contributed by atoms with Crippen LogP contribution in [0, 0.1) is 0 Å². The van der Waals surface area contributed by atoms with E-state index in [9.17, 15) is 9.59 Å². The topological polar surface area (TPSA) is 66.7 Å². The Morgan fingerprint density at radius 3 is 1.96 bits per heavy atom. The fraction of sp³-hybridized carbons (Fsp3) is 0.190. The maximum absolute atomic E-state index is 12.7. The summed E-state index contributed by atoms with van der Waals surface area (Å²) in [6, 6.07) is 18.7. The van der Waals surface area contributed by atoms with Crippen LogP contribution in [0.1, 0.15) is 20.8 Å². The molecule has 6 nitrogen and oxygen atoms in total. The summed E-state index contributed by atoms with van der Waals surface area (Å²) < 4.78 is 5.46. The molecular weight excluding hydrogens is 342 g/mol. The molecule has 0 aliphatic carbocycles. The molecule has 1 aliphatic rings. The van der Waals surface area contributed by atoms with Crippen LogP contribution in [0.3, 0.4) is 0 Å². The molecule has 0 bridgehead atoms. The van der Waals surface area contributed by atoms with Crippen LogP contribution in [0.2, 0.25) is 0 Å². The second-order valence-electron chi connectivity index (χ2n) is 6.35. The van der Waals surface area contributed by atoms with Crippen LogP contribution in [-0.4, -0.2) is 52.8 Å². The SMILES string of the molecule is O=C(c1ccccc1)N1CCN(C(=O)c2coc(-c3ccccc3)n2)CC1. The molecule has 0 spiro atoms. The van der Waals surface area contributed by atoms with Crippen molar-refractivity contribution in [2.24, 2.45) is 0 Å². The van der Waals surface area contributed by atoms with E-state index in [0.717, 1.165) is 5.56 Å². The zero-order valence-corrected chi connectivity index (χ0v) is 14.7. The number of carbonyl (C=O) groups is 2. The Bertz CT molecular complexity index is 930. The Labute approximate surface area is 157 Å². The van der Waals surface area contributed by atoms with Crippen LogP contribution in [0.5, 0.6) is 0 Å². The van der Waals surface area contributed by atoms with Crippen LogP contribution in [-0.2, 0) is 0 Å². The summed E-state index contributed by atoms with van der Waals surface area (Å²) in [5.41, 5.74) is 1.78. The van der Waals surface area contributed by atoms with Gasteiger partial charge in [-0.25, -0.2) is 4.98 Å². The summed E-state index contributed by atoms with van der Waals surface area (Å²) in [6.07, 6.45) is 1.40. The zero-order chi connectivity index (χ0) is 18.6. The Morgan fingerprint density at radius 2 is 1.33 bits per heavy atom. The number of hydrogen-bond acceptors (Lipinski definition) is 4. The highest BCUT2D eigenvalue weighted by Gasteiger charge is 2.27. The van der Waals surface area contributed by atoms with Crippen molar-refractivity contribution < 1.29 is 14.0 Å². The fourth-order valence-electron chi connectivity index (χ4n) is 3.12. The van der Waals surface area contributed by atoms with E-state index < -0.39 is 0 Å². The van der Waals surface area contributed by atoms with Crippen molar-refractivity contribution in [3.8, 4) is 11.5 Å². The van der Waals surface area contributed by atoms with Gasteiger partial charge in [0.25, 0.3) is 11.8 Å². The van der Waals surface area contributed by atoms with Gasteiger partial charge >= 0.3 is 0 Å². The molecule has 0 N–H and O–H groups in total. The summed E-state index contributed by atoms with van der Waals surface area (Å²) in [7, 11) is 0. The molecule has 1 saturated heterocycles. The molecule has 1 fully saturated rings. The molecular formula is C21H19N3O3. The highest BCUT2D eigenvalue weighted by Crippen LogP contribution is 2.19. The summed E-state index contributed by atoms with van der Waals surface area (Å²) in [4.78, 5) is 33.0. The number of carbonyl (C=O) groups excluding carboxylic acids is 2. The third-order valence-corrected chi connectivity index (χ3v) is 4.62. The first-order valence-electron chi connectivity index (χ1n) is 8.87. The summed E-state index contributed by atoms with van der Waals surface area (Å²) in [6.45, 7) is 1.96. The zero-order valence-electron chi connectivity index (χ0n) is 14.7. The standard InChI is InChI=1S/C21H19N3O3/c25-20(17-9-5-2-6-10-17)23-11-13-24(14-12-23)21(26)18-15-27-19(22-18)16-7-3-1-4-8-16/h1-10,15H,11-14H2. The van der Waals surface area contributed by atoms with E-state index in [1.54, 1.807) is 21.9 Å². The Kier molecular flexibility index (Phi) is 4.70. The number of nitrogens with zero attached hydrogens (tertiary/aromatic N) is 3. The number of rotatable bonds is 3. The average molecular weight is 361 g/mol. The van der Waals surface area contributed by atoms with Crippen LogP contribution in [0.4, 0.5) is 0 Å². The minimum atomic E-state index is -0.173. The Balaban J connectivity index is 1.39. The number of hydrogen-bond donors (Lipinski definition) is 0. The van der Waals surface area contributed by atoms with Gasteiger partial charge in [0.1, 0.15) is 6.26 Å². The molecule has 0 unspecified atom stereocenters. The molecule has 27 heavy (non-hydrogen) atoms. The van der Waals surface area contributed by atoms with Crippen molar-refractivity contribution in [1.82, 2.24) is 14.8 Å². The molecule has 2 aromatic carbocycles. The largest absolute Gasteiger partial charge is 0.444 e. The van der Waals surface area contributed by atoms with E-state index in [0.29, 0.717) is 37.6 Å². The van der Waals surface area contributed by atoms with Gasteiger partial charge < -0.3 is 14.2 Å². The van der Waals surface area contributed by atoms with Crippen molar-refractivity contribution in [1.29, 1.82) is 0 Å². The van der Waals surface area contributed by atoms with E-state index in [-0.39, 0.29) is 17.5 Å². The first kappa shape index (κ1) is 17.0. The molecule has 136 valence electrons. The van der Waals surface area contributed by atoms with Gasteiger partial charge in [-0.15, -0.1) is 0 Å². The number of aromatic nitrogens is 1.